The third-order valence-corrected chi connectivity index (χ3v) is 11.3. The lowest BCUT2D eigenvalue weighted by atomic mass is 9.43. The molecule has 0 spiro atoms. The molecule has 0 aromatic carbocycles. The van der Waals surface area contributed by atoms with Crippen molar-refractivity contribution >= 4 is 11.6 Å². The van der Waals surface area contributed by atoms with Gasteiger partial charge in [0.05, 0.1) is 6.61 Å². The molecular weight excluding hydrogens is 408 g/mol. The minimum Gasteiger partial charge on any atom is -0.392 e. The zero-order valence-electron chi connectivity index (χ0n) is 22.1. The van der Waals surface area contributed by atoms with Gasteiger partial charge in [-0.3, -0.25) is 9.59 Å². The number of hydrogen-bond donors (Lipinski definition) is 1. The van der Waals surface area contributed by atoms with Crippen LogP contribution in [0.3, 0.4) is 0 Å². The summed E-state index contributed by atoms with van der Waals surface area (Å²) < 4.78 is 0. The van der Waals surface area contributed by atoms with Gasteiger partial charge >= 0.3 is 0 Å². The molecule has 4 aliphatic rings. The van der Waals surface area contributed by atoms with Gasteiger partial charge in [0, 0.05) is 29.2 Å². The third kappa shape index (κ3) is 3.46. The van der Waals surface area contributed by atoms with E-state index in [1.165, 1.54) is 18.4 Å². The van der Waals surface area contributed by atoms with E-state index < -0.39 is 0 Å². The van der Waals surface area contributed by atoms with Gasteiger partial charge in [0.15, 0.2) is 5.78 Å². The molecule has 33 heavy (non-hydrogen) atoms. The first-order valence-corrected chi connectivity index (χ1v) is 13.4. The Morgan fingerprint density at radius 2 is 1.79 bits per heavy atom. The summed E-state index contributed by atoms with van der Waals surface area (Å²) in [5.41, 5.74) is 3.28. The molecule has 0 heterocycles. The van der Waals surface area contributed by atoms with Crippen LogP contribution < -0.4 is 0 Å². The summed E-state index contributed by atoms with van der Waals surface area (Å²) in [6.07, 6.45) is 10.8. The number of hydrogen-bond acceptors (Lipinski definition) is 3. The molecule has 0 bridgehead atoms. The number of fused-ring (bicyclic) bond motifs is 4. The van der Waals surface area contributed by atoms with Crippen LogP contribution in [0.25, 0.3) is 0 Å². The van der Waals surface area contributed by atoms with Crippen LogP contribution in [0, 0.1) is 39.4 Å². The Bertz CT molecular complexity index is 908. The summed E-state index contributed by atoms with van der Waals surface area (Å²) in [4.78, 5) is 26.8. The van der Waals surface area contributed by atoms with Gasteiger partial charge in [-0.15, -0.1) is 0 Å². The average molecular weight is 455 g/mol. The van der Waals surface area contributed by atoms with Gasteiger partial charge in [0.1, 0.15) is 5.78 Å². The normalized spacial score (nSPS) is 41.5. The van der Waals surface area contributed by atoms with E-state index in [0.29, 0.717) is 36.2 Å². The topological polar surface area (TPSA) is 54.4 Å². The molecule has 2 fully saturated rings. The van der Waals surface area contributed by atoms with Crippen LogP contribution in [-0.2, 0) is 9.59 Å². The first-order chi connectivity index (χ1) is 15.3. The highest BCUT2D eigenvalue weighted by atomic mass is 16.3. The van der Waals surface area contributed by atoms with E-state index in [4.69, 9.17) is 0 Å². The SMILES string of the molecule is C/C(=C\CC[C@@H](C)[C@H]1CC[C@@]2(C)C3=C(C(=O)C[C@]12C)[C@@]1(C)CCC(=O)C(C)(C)[C@@H]1CC3)CO. The highest BCUT2D eigenvalue weighted by molar-refractivity contribution is 6.00. The van der Waals surface area contributed by atoms with Gasteiger partial charge in [-0.2, -0.15) is 0 Å². The average Bonchev–Trinajstić information content (AvgIpc) is 3.02. The van der Waals surface area contributed by atoms with Crippen molar-refractivity contribution < 1.29 is 14.7 Å². The van der Waals surface area contributed by atoms with E-state index in [1.807, 2.05) is 6.92 Å². The van der Waals surface area contributed by atoms with Crippen molar-refractivity contribution in [2.75, 3.05) is 6.61 Å². The molecule has 0 radical (unpaired) electrons. The number of allylic oxidation sites excluding steroid dienone is 3. The van der Waals surface area contributed by atoms with Gasteiger partial charge in [-0.25, -0.2) is 0 Å². The molecule has 0 unspecified atom stereocenters. The fraction of sp³-hybridized carbons (Fsp3) is 0.800. The molecule has 1 N–H and O–H groups in total. The minimum atomic E-state index is -0.333. The van der Waals surface area contributed by atoms with Crippen molar-refractivity contribution in [3.05, 3.63) is 22.8 Å². The maximum Gasteiger partial charge on any atom is 0.159 e. The van der Waals surface area contributed by atoms with Crippen molar-refractivity contribution in [2.24, 2.45) is 39.4 Å². The summed E-state index contributed by atoms with van der Waals surface area (Å²) in [6, 6.07) is 0. The number of ketones is 2. The van der Waals surface area contributed by atoms with Crippen LogP contribution in [0.1, 0.15) is 106 Å². The largest absolute Gasteiger partial charge is 0.392 e. The van der Waals surface area contributed by atoms with Crippen LogP contribution >= 0.6 is 0 Å². The molecule has 0 saturated heterocycles. The van der Waals surface area contributed by atoms with Gasteiger partial charge < -0.3 is 5.11 Å². The van der Waals surface area contributed by atoms with Gasteiger partial charge in [-0.1, -0.05) is 58.8 Å². The quantitative estimate of drug-likeness (QED) is 0.463. The summed E-state index contributed by atoms with van der Waals surface area (Å²) in [6.45, 7) is 16.0. The van der Waals surface area contributed by atoms with Crippen molar-refractivity contribution in [1.82, 2.24) is 0 Å². The van der Waals surface area contributed by atoms with Crippen molar-refractivity contribution in [1.29, 1.82) is 0 Å². The Labute approximate surface area is 201 Å². The summed E-state index contributed by atoms with van der Waals surface area (Å²) in [7, 11) is 0. The molecule has 3 nitrogen and oxygen atoms in total. The Balaban J connectivity index is 1.68. The van der Waals surface area contributed by atoms with Gasteiger partial charge in [0.25, 0.3) is 0 Å². The van der Waals surface area contributed by atoms with Crippen LogP contribution in [0.5, 0.6) is 0 Å². The van der Waals surface area contributed by atoms with E-state index in [1.54, 1.807) is 0 Å². The second-order valence-electron chi connectivity index (χ2n) is 13.3. The summed E-state index contributed by atoms with van der Waals surface area (Å²) in [5, 5.41) is 9.30. The fourth-order valence-corrected chi connectivity index (χ4v) is 9.11. The van der Waals surface area contributed by atoms with Crippen LogP contribution in [0.4, 0.5) is 0 Å². The van der Waals surface area contributed by atoms with Gasteiger partial charge in [-0.05, 0) is 80.5 Å². The first-order valence-electron chi connectivity index (χ1n) is 13.4. The second-order valence-corrected chi connectivity index (χ2v) is 13.3. The van der Waals surface area contributed by atoms with E-state index in [9.17, 15) is 14.7 Å². The van der Waals surface area contributed by atoms with Crippen molar-refractivity contribution in [3.63, 3.8) is 0 Å². The van der Waals surface area contributed by atoms with Crippen molar-refractivity contribution in [2.45, 2.75) is 106 Å². The molecule has 6 atom stereocenters. The molecule has 4 aliphatic carbocycles. The van der Waals surface area contributed by atoms with E-state index in [0.717, 1.165) is 43.3 Å². The van der Waals surface area contributed by atoms with Crippen LogP contribution in [-0.4, -0.2) is 23.3 Å². The Morgan fingerprint density at radius 1 is 1.09 bits per heavy atom. The van der Waals surface area contributed by atoms with Crippen LogP contribution in [0.2, 0.25) is 0 Å². The number of rotatable bonds is 5. The molecule has 0 aromatic rings. The molecular formula is C30H46O3. The Morgan fingerprint density at radius 3 is 2.45 bits per heavy atom. The molecule has 2 saturated carbocycles. The minimum absolute atomic E-state index is 0.0152. The van der Waals surface area contributed by atoms with E-state index >= 15 is 0 Å². The third-order valence-electron chi connectivity index (χ3n) is 11.3. The molecule has 4 rings (SSSR count). The predicted octanol–water partition coefficient (Wildman–Crippen LogP) is 6.84. The summed E-state index contributed by atoms with van der Waals surface area (Å²) >= 11 is 0. The van der Waals surface area contributed by atoms with Crippen LogP contribution in [0.15, 0.2) is 22.8 Å². The summed E-state index contributed by atoms with van der Waals surface area (Å²) in [5.74, 6) is 2.16. The monoisotopic (exact) mass is 454 g/mol. The highest BCUT2D eigenvalue weighted by Crippen LogP contribution is 2.71. The highest BCUT2D eigenvalue weighted by Gasteiger charge is 2.65. The molecule has 0 aliphatic heterocycles. The number of Topliss-reactive ketones (excluding diaryl/α,β-unsaturated/α-hetero) is 2. The standard InChI is InChI=1S/C30H46O3/c1-19(18-31)9-8-10-20(2)21-13-16-29(6)22-11-12-24-27(3,4)25(33)14-15-28(24,5)26(22)23(32)17-30(21,29)7/h9,20-21,24,31H,8,10-18H2,1-7H3/b19-9+/t20-,21-,24+,28+,29+,30-/m1/s1. The Hall–Kier alpha value is -1.22. The zero-order chi connectivity index (χ0) is 24.4. The van der Waals surface area contributed by atoms with Gasteiger partial charge in [0.2, 0.25) is 0 Å². The first kappa shape index (κ1) is 24.9. The number of carbonyl (C=O) groups is 2. The number of carbonyl (C=O) groups excluding carboxylic acids is 2. The smallest absolute Gasteiger partial charge is 0.159 e. The number of aliphatic hydroxyl groups excluding tert-OH is 1. The predicted molar refractivity (Wildman–Crippen MR) is 134 cm³/mol. The number of aliphatic hydroxyl groups is 1. The second kappa shape index (κ2) is 8.18. The lowest BCUT2D eigenvalue weighted by molar-refractivity contribution is -0.142. The lowest BCUT2D eigenvalue weighted by Gasteiger charge is -2.60. The lowest BCUT2D eigenvalue weighted by Crippen LogP contribution is -2.56. The van der Waals surface area contributed by atoms with E-state index in [2.05, 4.69) is 47.6 Å². The maximum absolute atomic E-state index is 14.0. The molecule has 3 heteroatoms. The molecule has 184 valence electrons. The zero-order valence-corrected chi connectivity index (χ0v) is 22.1. The fourth-order valence-electron chi connectivity index (χ4n) is 9.11. The Kier molecular flexibility index (Phi) is 6.17. The molecule has 0 aromatic heterocycles. The van der Waals surface area contributed by atoms with E-state index in [-0.39, 0.29) is 34.2 Å². The molecule has 0 amide bonds. The maximum atomic E-state index is 14.0. The van der Waals surface area contributed by atoms with Crippen molar-refractivity contribution in [3.8, 4) is 0 Å².